The van der Waals surface area contributed by atoms with Crippen LogP contribution >= 0.6 is 0 Å². The van der Waals surface area contributed by atoms with Gasteiger partial charge in [-0.15, -0.1) is 0 Å². The van der Waals surface area contributed by atoms with E-state index in [4.69, 9.17) is 0 Å². The number of benzene rings is 2. The van der Waals surface area contributed by atoms with Crippen molar-refractivity contribution in [1.29, 1.82) is 0 Å². The minimum atomic E-state index is 0.653. The smallest absolute Gasteiger partial charge is 0.0219 e. The fraction of sp³-hybridized carbons (Fsp3) is 0.895. The van der Waals surface area contributed by atoms with Crippen molar-refractivity contribution < 1.29 is 0 Å². The second-order valence-electron chi connectivity index (χ2n) is 40.1. The van der Waals surface area contributed by atoms with Gasteiger partial charge in [0.15, 0.2) is 0 Å². The lowest BCUT2D eigenvalue weighted by Gasteiger charge is -2.04. The average molecular weight is 1610 g/mol. The number of hydrogen-bond acceptors (Lipinski definition) is 0. The van der Waals surface area contributed by atoms with Crippen molar-refractivity contribution in [3.05, 3.63) is 71.3 Å². The molecule has 0 aliphatic carbocycles. The summed E-state index contributed by atoms with van der Waals surface area (Å²) < 4.78 is 0. The van der Waals surface area contributed by atoms with Gasteiger partial charge >= 0.3 is 0 Å². The summed E-state index contributed by atoms with van der Waals surface area (Å²) in [5.41, 5.74) is 4.17. The SMILES string of the molecule is CC(C)C.CC(C)c1ccccc1.CCC(C)C.CCCC(C)C.CCCCC(C)C.CCCCCC(C)C.CCCCCCC(C)C.CCCCCCCCC(C)C.CCCCCCCCCCC(C)C.CCCCCCCCCCCCC(C)C.CCCCCCCCCCCCCCC(C)C.Cc1ccc(C(C)C)cc1. The molecule has 0 radical (unpaired) electrons. The van der Waals surface area contributed by atoms with Crippen molar-refractivity contribution in [2.45, 2.75) is 607 Å². The van der Waals surface area contributed by atoms with Crippen LogP contribution in [0.25, 0.3) is 0 Å². The van der Waals surface area contributed by atoms with Gasteiger partial charge in [0.1, 0.15) is 0 Å². The summed E-state index contributed by atoms with van der Waals surface area (Å²) in [6.45, 7) is 79.0. The minimum Gasteiger partial charge on any atom is -0.0654 e. The first-order chi connectivity index (χ1) is 54.2. The highest BCUT2D eigenvalue weighted by atomic mass is 14.1. The highest BCUT2D eigenvalue weighted by Crippen LogP contribution is 2.20. The Hall–Kier alpha value is -1.56. The Bertz CT molecular complexity index is 1760. The summed E-state index contributed by atoms with van der Waals surface area (Å²) in [6, 6.07) is 19.2. The van der Waals surface area contributed by atoms with Crippen LogP contribution in [-0.4, -0.2) is 0 Å². The van der Waals surface area contributed by atoms with Crippen molar-refractivity contribution in [3.63, 3.8) is 0 Å². The van der Waals surface area contributed by atoms with Crippen LogP contribution in [0.4, 0.5) is 0 Å². The van der Waals surface area contributed by atoms with E-state index in [1.807, 2.05) is 6.07 Å². The largest absolute Gasteiger partial charge is 0.0654 e. The molecule has 2 rings (SSSR count). The van der Waals surface area contributed by atoms with E-state index < -0.39 is 0 Å². The molecule has 0 heterocycles. The molecule has 0 amide bonds. The van der Waals surface area contributed by atoms with Gasteiger partial charge in [0, 0.05) is 0 Å². The van der Waals surface area contributed by atoms with Crippen molar-refractivity contribution in [2.24, 2.45) is 59.2 Å². The quantitative estimate of drug-likeness (QED) is 0.0579. The number of unbranched alkanes of at least 4 members (excludes halogenated alkanes) is 38. The molecule has 2 aromatic carbocycles. The number of rotatable bonds is 57. The molecule has 114 heavy (non-hydrogen) atoms. The Balaban J connectivity index is -0.000000132. The molecule has 0 fully saturated rings. The van der Waals surface area contributed by atoms with E-state index in [1.54, 1.807) is 0 Å². The van der Waals surface area contributed by atoms with Gasteiger partial charge in [-0.1, -0.05) is 649 Å². The zero-order valence-corrected chi connectivity index (χ0v) is 87.5. The molecule has 0 saturated heterocycles. The van der Waals surface area contributed by atoms with E-state index in [2.05, 4.69) is 291 Å². The van der Waals surface area contributed by atoms with Crippen LogP contribution < -0.4 is 0 Å². The van der Waals surface area contributed by atoms with Gasteiger partial charge in [-0.25, -0.2) is 0 Å². The number of aryl methyl sites for hydroxylation is 1. The standard InChI is InChI=1S/C17H36.C15H32.C13H28.C11H24.C10H14.C9H12.C9H20.C8H18.C7H16.C6H14.C5H12.C4H10/c1-4-5-6-7-8-9-10-11-12-13-14-15-16-17(2)3;1-4-5-6-7-8-9-10-11-12-13-14-15(2)3;1-4-5-6-7-8-9-10-11-12-13(2)3;1-4-5-6-7-8-9-10-11(2)3;1-8(2)10-6-4-9(3)5-7-10;1-8(2)9-6-4-3-5-7-9;1-4-5-6-7-8-9(2)3;1-4-5-6-7-8(2)3;1-4-5-6-7(2)3;1-4-5-6(2)3;1-4-5(2)3;1-4(2)3/h17H,4-16H2,1-3H3;15H,4-14H2,1-3H3;13H,4-12H2,1-3H3;11H,4-10H2,1-3H3;4-8H,1-3H3;3-8H,1-2H3;9H,4-8H2,1-3H3;8H,4-7H2,1-3H3;7H,4-6H2,1-3H3;6H,4-5H2,1-3H3;5H,4H2,1-3H3;4H,1-3H3. The lowest BCUT2D eigenvalue weighted by Crippen LogP contribution is -1.87. The van der Waals surface area contributed by atoms with Crippen LogP contribution in [0.15, 0.2) is 54.6 Å². The van der Waals surface area contributed by atoms with Crippen LogP contribution in [0, 0.1) is 66.1 Å². The molecule has 0 atom stereocenters. The monoisotopic (exact) mass is 1610 g/mol. The first kappa shape index (κ1) is 133. The predicted molar refractivity (Wildman–Crippen MR) is 545 cm³/mol. The van der Waals surface area contributed by atoms with E-state index in [0.717, 1.165) is 59.2 Å². The summed E-state index contributed by atoms with van der Waals surface area (Å²) in [5.74, 6) is 10.2. The van der Waals surface area contributed by atoms with Gasteiger partial charge in [-0.2, -0.15) is 0 Å². The third-order valence-corrected chi connectivity index (χ3v) is 20.6. The van der Waals surface area contributed by atoms with Gasteiger partial charge < -0.3 is 0 Å². The molecule has 0 saturated carbocycles. The van der Waals surface area contributed by atoms with E-state index in [-0.39, 0.29) is 0 Å². The summed E-state index contributed by atoms with van der Waals surface area (Å²) in [5, 5.41) is 0. The molecule has 2 aromatic rings. The van der Waals surface area contributed by atoms with E-state index in [9.17, 15) is 0 Å². The molecule has 0 aliphatic rings. The van der Waals surface area contributed by atoms with Crippen LogP contribution in [-0.2, 0) is 0 Å². The Kier molecular flexibility index (Phi) is 137. The molecule has 0 heteroatoms. The van der Waals surface area contributed by atoms with Crippen LogP contribution in [0.5, 0.6) is 0 Å². The predicted octanol–water partition coefficient (Wildman–Crippen LogP) is 44.0. The van der Waals surface area contributed by atoms with E-state index in [1.165, 1.54) is 370 Å². The third-order valence-electron chi connectivity index (χ3n) is 20.6. The van der Waals surface area contributed by atoms with Gasteiger partial charge in [-0.05, 0) is 89.1 Å². The molecule has 692 valence electrons. The van der Waals surface area contributed by atoms with Gasteiger partial charge in [0.05, 0.1) is 0 Å². The van der Waals surface area contributed by atoms with Gasteiger partial charge in [0.2, 0.25) is 0 Å². The first-order valence-electron chi connectivity index (χ1n) is 52.3. The van der Waals surface area contributed by atoms with Gasteiger partial charge in [0.25, 0.3) is 0 Å². The highest BCUT2D eigenvalue weighted by Gasteiger charge is 2.02. The average Bonchev–Trinajstić information content (AvgIpc) is 0.908. The maximum absolute atomic E-state index is 2.33. The Morgan fingerprint density at radius 2 is 0.325 bits per heavy atom. The Morgan fingerprint density at radius 3 is 0.474 bits per heavy atom. The summed E-state index contributed by atoms with van der Waals surface area (Å²) in [6.07, 6.45) is 78.8. The number of hydrogen-bond donors (Lipinski definition) is 0. The summed E-state index contributed by atoms with van der Waals surface area (Å²) >= 11 is 0. The molecule has 0 bridgehead atoms. The zero-order valence-electron chi connectivity index (χ0n) is 87.5. The molecule has 0 unspecified atom stereocenters. The topological polar surface area (TPSA) is 0 Å². The molecule has 0 aliphatic heterocycles. The summed E-state index contributed by atoms with van der Waals surface area (Å²) in [7, 11) is 0. The maximum atomic E-state index is 2.33. The lowest BCUT2D eigenvalue weighted by molar-refractivity contribution is 0.503. The zero-order chi connectivity index (χ0) is 88.9. The molecular weight excluding hydrogens is 1370 g/mol. The fourth-order valence-corrected chi connectivity index (χ4v) is 12.2. The first-order valence-corrected chi connectivity index (χ1v) is 52.3. The van der Waals surface area contributed by atoms with Crippen LogP contribution in [0.3, 0.4) is 0 Å². The van der Waals surface area contributed by atoms with E-state index in [0.29, 0.717) is 11.8 Å². The van der Waals surface area contributed by atoms with E-state index >= 15 is 0 Å². The molecule has 0 N–H and O–H groups in total. The van der Waals surface area contributed by atoms with Gasteiger partial charge in [-0.3, -0.25) is 0 Å². The molecule has 0 aromatic heterocycles. The maximum Gasteiger partial charge on any atom is -0.0219 e. The minimum absolute atomic E-state index is 0.653. The van der Waals surface area contributed by atoms with Crippen molar-refractivity contribution >= 4 is 0 Å². The van der Waals surface area contributed by atoms with Crippen LogP contribution in [0.1, 0.15) is 617 Å². The normalized spacial score (nSPS) is 10.7. The van der Waals surface area contributed by atoms with Crippen molar-refractivity contribution in [1.82, 2.24) is 0 Å². The van der Waals surface area contributed by atoms with Crippen molar-refractivity contribution in [2.75, 3.05) is 0 Å². The highest BCUT2D eigenvalue weighted by molar-refractivity contribution is 5.23. The Labute approximate surface area is 733 Å². The van der Waals surface area contributed by atoms with Crippen molar-refractivity contribution in [3.8, 4) is 0 Å². The molecule has 0 spiro atoms. The summed E-state index contributed by atoms with van der Waals surface area (Å²) in [4.78, 5) is 0. The molecular formula is C114H236. The second-order valence-corrected chi connectivity index (χ2v) is 40.1. The Morgan fingerprint density at radius 1 is 0.167 bits per heavy atom. The molecule has 0 nitrogen and oxygen atoms in total. The third kappa shape index (κ3) is 169. The lowest BCUT2D eigenvalue weighted by atomic mass is 10.0. The fourth-order valence-electron chi connectivity index (χ4n) is 12.2. The van der Waals surface area contributed by atoms with Crippen LogP contribution in [0.2, 0.25) is 0 Å². The second kappa shape index (κ2) is 118.